The molecule has 86 valence electrons. The standard InChI is InChI=1S/C12H17N3O/c1-13-9-12(5-6-12)11(16)15-8-10-4-2-3-7-14-10/h2-4,7,13H,5-6,8-9H2,1H3,(H,15,16). The fourth-order valence-electron chi connectivity index (χ4n) is 1.83. The molecule has 0 atom stereocenters. The quantitative estimate of drug-likeness (QED) is 0.766. The molecular weight excluding hydrogens is 202 g/mol. The summed E-state index contributed by atoms with van der Waals surface area (Å²) in [6, 6.07) is 5.71. The zero-order valence-electron chi connectivity index (χ0n) is 9.49. The van der Waals surface area contributed by atoms with E-state index in [4.69, 9.17) is 0 Å². The molecule has 2 N–H and O–H groups in total. The summed E-state index contributed by atoms with van der Waals surface area (Å²) in [6.45, 7) is 1.28. The summed E-state index contributed by atoms with van der Waals surface area (Å²) >= 11 is 0. The van der Waals surface area contributed by atoms with Crippen molar-refractivity contribution in [2.75, 3.05) is 13.6 Å². The highest BCUT2D eigenvalue weighted by Crippen LogP contribution is 2.45. The number of hydrogen-bond donors (Lipinski definition) is 2. The molecular formula is C12H17N3O. The summed E-state index contributed by atoms with van der Waals surface area (Å²) in [4.78, 5) is 16.1. The van der Waals surface area contributed by atoms with Crippen molar-refractivity contribution in [3.8, 4) is 0 Å². The predicted molar refractivity (Wildman–Crippen MR) is 61.7 cm³/mol. The first kappa shape index (κ1) is 11.1. The van der Waals surface area contributed by atoms with E-state index in [0.29, 0.717) is 6.54 Å². The number of hydrogen-bond acceptors (Lipinski definition) is 3. The topological polar surface area (TPSA) is 54.0 Å². The lowest BCUT2D eigenvalue weighted by Gasteiger charge is -2.14. The van der Waals surface area contributed by atoms with Crippen molar-refractivity contribution >= 4 is 5.91 Å². The predicted octanol–water partition coefficient (Wildman–Crippen LogP) is 0.697. The number of aromatic nitrogens is 1. The normalized spacial score (nSPS) is 16.8. The second-order valence-corrected chi connectivity index (χ2v) is 4.31. The highest BCUT2D eigenvalue weighted by atomic mass is 16.2. The Morgan fingerprint density at radius 2 is 2.31 bits per heavy atom. The maximum Gasteiger partial charge on any atom is 0.227 e. The smallest absolute Gasteiger partial charge is 0.227 e. The van der Waals surface area contributed by atoms with E-state index in [2.05, 4.69) is 15.6 Å². The molecule has 1 fully saturated rings. The molecule has 1 heterocycles. The van der Waals surface area contributed by atoms with Crippen LogP contribution in [0.3, 0.4) is 0 Å². The minimum absolute atomic E-state index is 0.146. The Bertz CT molecular complexity index is 360. The van der Waals surface area contributed by atoms with Crippen LogP contribution in [0, 0.1) is 5.41 Å². The van der Waals surface area contributed by atoms with Gasteiger partial charge in [0.15, 0.2) is 0 Å². The lowest BCUT2D eigenvalue weighted by atomic mass is 10.1. The van der Waals surface area contributed by atoms with Gasteiger partial charge in [-0.2, -0.15) is 0 Å². The van der Waals surface area contributed by atoms with Crippen molar-refractivity contribution in [1.82, 2.24) is 15.6 Å². The largest absolute Gasteiger partial charge is 0.350 e. The van der Waals surface area contributed by atoms with Crippen molar-refractivity contribution < 1.29 is 4.79 Å². The molecule has 0 spiro atoms. The van der Waals surface area contributed by atoms with Crippen molar-refractivity contribution in [3.05, 3.63) is 30.1 Å². The van der Waals surface area contributed by atoms with Gasteiger partial charge in [0, 0.05) is 12.7 Å². The molecule has 1 aromatic heterocycles. The van der Waals surface area contributed by atoms with Gasteiger partial charge in [0.05, 0.1) is 17.7 Å². The van der Waals surface area contributed by atoms with Crippen LogP contribution in [0.15, 0.2) is 24.4 Å². The van der Waals surface area contributed by atoms with Crippen LogP contribution >= 0.6 is 0 Å². The van der Waals surface area contributed by atoms with E-state index in [1.807, 2.05) is 25.2 Å². The number of nitrogens with one attached hydrogen (secondary N) is 2. The van der Waals surface area contributed by atoms with Gasteiger partial charge in [0.2, 0.25) is 5.91 Å². The molecule has 1 aliphatic rings. The van der Waals surface area contributed by atoms with Crippen molar-refractivity contribution in [1.29, 1.82) is 0 Å². The summed E-state index contributed by atoms with van der Waals surface area (Å²) in [5, 5.41) is 6.02. The Balaban J connectivity index is 1.85. The first-order valence-electron chi connectivity index (χ1n) is 5.60. The SMILES string of the molecule is CNCC1(C(=O)NCc2ccccn2)CC1. The first-order valence-corrected chi connectivity index (χ1v) is 5.60. The molecule has 0 bridgehead atoms. The molecule has 0 saturated heterocycles. The van der Waals surface area contributed by atoms with E-state index in [1.165, 1.54) is 0 Å². The van der Waals surface area contributed by atoms with Crippen molar-refractivity contribution in [2.45, 2.75) is 19.4 Å². The molecule has 1 aromatic rings. The number of amides is 1. The van der Waals surface area contributed by atoms with Crippen LogP contribution in [0.4, 0.5) is 0 Å². The highest BCUT2D eigenvalue weighted by Gasteiger charge is 2.48. The number of carbonyl (C=O) groups excluding carboxylic acids is 1. The minimum atomic E-state index is -0.149. The zero-order valence-corrected chi connectivity index (χ0v) is 9.49. The van der Waals surface area contributed by atoms with Crippen LogP contribution in [0.5, 0.6) is 0 Å². The molecule has 2 rings (SSSR count). The average Bonchev–Trinajstić information content (AvgIpc) is 3.09. The third-order valence-electron chi connectivity index (χ3n) is 3.01. The molecule has 4 heteroatoms. The van der Waals surface area contributed by atoms with E-state index in [1.54, 1.807) is 6.20 Å². The maximum absolute atomic E-state index is 11.9. The van der Waals surface area contributed by atoms with E-state index in [9.17, 15) is 4.79 Å². The van der Waals surface area contributed by atoms with E-state index in [-0.39, 0.29) is 11.3 Å². The Morgan fingerprint density at radius 3 is 2.88 bits per heavy atom. The fraction of sp³-hybridized carbons (Fsp3) is 0.500. The zero-order chi connectivity index (χ0) is 11.4. The van der Waals surface area contributed by atoms with E-state index < -0.39 is 0 Å². The second-order valence-electron chi connectivity index (χ2n) is 4.31. The van der Waals surface area contributed by atoms with Gasteiger partial charge in [-0.25, -0.2) is 0 Å². The van der Waals surface area contributed by atoms with Gasteiger partial charge in [-0.05, 0) is 32.0 Å². The van der Waals surface area contributed by atoms with Gasteiger partial charge in [0.25, 0.3) is 0 Å². The van der Waals surface area contributed by atoms with Gasteiger partial charge >= 0.3 is 0 Å². The van der Waals surface area contributed by atoms with Crippen molar-refractivity contribution in [3.63, 3.8) is 0 Å². The molecule has 1 amide bonds. The summed E-state index contributed by atoms with van der Waals surface area (Å²) in [5.41, 5.74) is 0.750. The lowest BCUT2D eigenvalue weighted by Crippen LogP contribution is -2.37. The van der Waals surface area contributed by atoms with Crippen molar-refractivity contribution in [2.24, 2.45) is 5.41 Å². The molecule has 1 saturated carbocycles. The molecule has 4 nitrogen and oxygen atoms in total. The Morgan fingerprint density at radius 1 is 1.50 bits per heavy atom. The van der Waals surface area contributed by atoms with Crippen LogP contribution in [-0.4, -0.2) is 24.5 Å². The molecule has 16 heavy (non-hydrogen) atoms. The summed E-state index contributed by atoms with van der Waals surface area (Å²) in [5.74, 6) is 0.146. The molecule has 0 aromatic carbocycles. The third kappa shape index (κ3) is 2.39. The summed E-state index contributed by atoms with van der Waals surface area (Å²) in [7, 11) is 1.88. The highest BCUT2D eigenvalue weighted by molar-refractivity contribution is 5.85. The van der Waals surface area contributed by atoms with E-state index >= 15 is 0 Å². The van der Waals surface area contributed by atoms with E-state index in [0.717, 1.165) is 25.1 Å². The number of nitrogens with zero attached hydrogens (tertiary/aromatic N) is 1. The second kappa shape index (κ2) is 4.61. The van der Waals surface area contributed by atoms with Crippen LogP contribution in [0.2, 0.25) is 0 Å². The van der Waals surface area contributed by atoms with Gasteiger partial charge < -0.3 is 10.6 Å². The number of pyridine rings is 1. The van der Waals surface area contributed by atoms with Crippen LogP contribution in [0.25, 0.3) is 0 Å². The third-order valence-corrected chi connectivity index (χ3v) is 3.01. The summed E-state index contributed by atoms with van der Waals surface area (Å²) in [6.07, 6.45) is 3.71. The molecule has 0 unspecified atom stereocenters. The molecule has 0 aliphatic heterocycles. The molecule has 1 aliphatic carbocycles. The first-order chi connectivity index (χ1) is 7.77. The van der Waals surface area contributed by atoms with Crippen LogP contribution in [-0.2, 0) is 11.3 Å². The van der Waals surface area contributed by atoms with Crippen LogP contribution < -0.4 is 10.6 Å². The van der Waals surface area contributed by atoms with Gasteiger partial charge in [-0.1, -0.05) is 6.07 Å². The fourth-order valence-corrected chi connectivity index (χ4v) is 1.83. The van der Waals surface area contributed by atoms with Gasteiger partial charge in [0.1, 0.15) is 0 Å². The Labute approximate surface area is 95.5 Å². The number of rotatable bonds is 5. The maximum atomic E-state index is 11.9. The summed E-state index contributed by atoms with van der Waals surface area (Å²) < 4.78 is 0. The lowest BCUT2D eigenvalue weighted by molar-refractivity contribution is -0.126. The van der Waals surface area contributed by atoms with Crippen LogP contribution in [0.1, 0.15) is 18.5 Å². The Kier molecular flexibility index (Phi) is 3.19. The Hall–Kier alpha value is -1.42. The van der Waals surface area contributed by atoms with Gasteiger partial charge in [-0.15, -0.1) is 0 Å². The molecule has 0 radical (unpaired) electrons. The van der Waals surface area contributed by atoms with Gasteiger partial charge in [-0.3, -0.25) is 9.78 Å². The monoisotopic (exact) mass is 219 g/mol. The average molecular weight is 219 g/mol. The number of carbonyl (C=O) groups is 1. The minimum Gasteiger partial charge on any atom is -0.350 e.